The summed E-state index contributed by atoms with van der Waals surface area (Å²) in [5.74, 6) is -2.36. The van der Waals surface area contributed by atoms with E-state index < -0.39 is 37.3 Å². The molecule has 1 aliphatic carbocycles. The summed E-state index contributed by atoms with van der Waals surface area (Å²) in [6.45, 7) is 1.94. The van der Waals surface area contributed by atoms with Gasteiger partial charge in [0.25, 0.3) is 0 Å². The normalized spacial score (nSPS) is 22.4. The number of benzene rings is 1. The Hall–Kier alpha value is -1.18. The van der Waals surface area contributed by atoms with Crippen LogP contribution in [0.3, 0.4) is 0 Å². The number of rotatable bonds is 4. The van der Waals surface area contributed by atoms with E-state index in [1.165, 1.54) is 0 Å². The van der Waals surface area contributed by atoms with Crippen molar-refractivity contribution in [2.75, 3.05) is 0 Å². The lowest BCUT2D eigenvalue weighted by atomic mass is 10.1. The molecule has 0 bridgehead atoms. The molecule has 2 unspecified atom stereocenters. The molecule has 0 saturated heterocycles. The minimum Gasteiger partial charge on any atom is -0.478 e. The monoisotopic (exact) mass is 335 g/mol. The highest BCUT2D eigenvalue weighted by Gasteiger charge is 2.29. The third-order valence-electron chi connectivity index (χ3n) is 3.71. The fraction of sp³-hybridized carbons (Fsp3) is 0.462. The summed E-state index contributed by atoms with van der Waals surface area (Å²) < 4.78 is 40.7. The smallest absolute Gasteiger partial charge is 0.337 e. The first-order valence-electron chi connectivity index (χ1n) is 6.47. The molecule has 2 N–H and O–H groups in total. The highest BCUT2D eigenvalue weighted by atomic mass is 35.5. The highest BCUT2D eigenvalue weighted by Crippen LogP contribution is 2.28. The molecular weight excluding hydrogens is 321 g/mol. The Kier molecular flexibility index (Phi) is 4.55. The minimum absolute atomic E-state index is 0.191. The van der Waals surface area contributed by atoms with E-state index in [1.807, 2.05) is 6.92 Å². The molecule has 8 heteroatoms. The Balaban J connectivity index is 2.38. The Bertz CT molecular complexity index is 677. The van der Waals surface area contributed by atoms with Gasteiger partial charge in [-0.2, -0.15) is 0 Å². The van der Waals surface area contributed by atoms with Crippen molar-refractivity contribution in [2.24, 2.45) is 5.92 Å². The first-order valence-corrected chi connectivity index (χ1v) is 8.33. The van der Waals surface area contributed by atoms with Crippen molar-refractivity contribution in [3.05, 3.63) is 28.5 Å². The largest absolute Gasteiger partial charge is 0.478 e. The topological polar surface area (TPSA) is 83.5 Å². The highest BCUT2D eigenvalue weighted by molar-refractivity contribution is 7.89. The molecule has 1 saturated carbocycles. The Morgan fingerprint density at radius 1 is 1.43 bits per heavy atom. The molecule has 2 rings (SSSR count). The van der Waals surface area contributed by atoms with Crippen molar-refractivity contribution in [3.8, 4) is 0 Å². The van der Waals surface area contributed by atoms with Gasteiger partial charge in [-0.25, -0.2) is 22.3 Å². The molecule has 1 aromatic rings. The first-order chi connectivity index (χ1) is 9.72. The van der Waals surface area contributed by atoms with Crippen LogP contribution in [0.15, 0.2) is 17.0 Å². The summed E-state index contributed by atoms with van der Waals surface area (Å²) >= 11 is 5.53. The fourth-order valence-electron chi connectivity index (χ4n) is 2.46. The van der Waals surface area contributed by atoms with Gasteiger partial charge in [0.15, 0.2) is 0 Å². The maximum absolute atomic E-state index is 13.6. The van der Waals surface area contributed by atoms with Gasteiger partial charge < -0.3 is 5.11 Å². The van der Waals surface area contributed by atoms with E-state index in [0.717, 1.165) is 25.0 Å². The van der Waals surface area contributed by atoms with E-state index in [0.29, 0.717) is 6.42 Å². The minimum atomic E-state index is -3.98. The molecule has 5 nitrogen and oxygen atoms in total. The standard InChI is InChI=1S/C13H15ClFNO4S/c1-7-3-2-4-11(7)16-21(19,20)8-5-9(13(17)18)12(14)10(15)6-8/h5-7,11,16H,2-4H2,1H3,(H,17,18). The maximum atomic E-state index is 13.6. The van der Waals surface area contributed by atoms with Crippen LogP contribution < -0.4 is 4.72 Å². The van der Waals surface area contributed by atoms with Gasteiger partial charge in [-0.15, -0.1) is 0 Å². The first kappa shape index (κ1) is 16.2. The Morgan fingerprint density at radius 2 is 2.10 bits per heavy atom. The van der Waals surface area contributed by atoms with Gasteiger partial charge in [0.05, 0.1) is 15.5 Å². The molecule has 0 radical (unpaired) electrons. The van der Waals surface area contributed by atoms with E-state index >= 15 is 0 Å². The molecule has 0 heterocycles. The molecule has 0 aromatic heterocycles. The van der Waals surface area contributed by atoms with E-state index in [4.69, 9.17) is 16.7 Å². The zero-order valence-corrected chi connectivity index (χ0v) is 12.8. The van der Waals surface area contributed by atoms with Crippen molar-refractivity contribution >= 4 is 27.6 Å². The van der Waals surface area contributed by atoms with Crippen LogP contribution >= 0.6 is 11.6 Å². The van der Waals surface area contributed by atoms with Crippen molar-refractivity contribution in [1.82, 2.24) is 4.72 Å². The molecule has 1 fully saturated rings. The van der Waals surface area contributed by atoms with Gasteiger partial charge in [-0.3, -0.25) is 0 Å². The van der Waals surface area contributed by atoms with Crippen LogP contribution in [0.4, 0.5) is 4.39 Å². The number of hydrogen-bond donors (Lipinski definition) is 2. The van der Waals surface area contributed by atoms with Gasteiger partial charge in [-0.05, 0) is 30.9 Å². The summed E-state index contributed by atoms with van der Waals surface area (Å²) in [4.78, 5) is 10.6. The predicted molar refractivity (Wildman–Crippen MR) is 75.5 cm³/mol. The molecule has 0 amide bonds. The summed E-state index contributed by atoms with van der Waals surface area (Å²) in [7, 11) is -3.98. The fourth-order valence-corrected chi connectivity index (χ4v) is 4.07. The second-order valence-corrected chi connectivity index (χ2v) is 7.30. The molecule has 1 aromatic carbocycles. The second kappa shape index (κ2) is 5.90. The predicted octanol–water partition coefficient (Wildman–Crippen LogP) is 2.64. The molecule has 2 atom stereocenters. The molecule has 0 spiro atoms. The Morgan fingerprint density at radius 3 is 2.62 bits per heavy atom. The van der Waals surface area contributed by atoms with Gasteiger partial charge >= 0.3 is 5.97 Å². The summed E-state index contributed by atoms with van der Waals surface area (Å²) in [5.41, 5.74) is -0.573. The molecule has 0 aliphatic heterocycles. The summed E-state index contributed by atoms with van der Waals surface area (Å²) in [6, 6.07) is 1.38. The zero-order chi connectivity index (χ0) is 15.8. The lowest BCUT2D eigenvalue weighted by Crippen LogP contribution is -2.36. The lowest BCUT2D eigenvalue weighted by molar-refractivity contribution is 0.0696. The molecule has 21 heavy (non-hydrogen) atoms. The number of hydrogen-bond acceptors (Lipinski definition) is 3. The van der Waals surface area contributed by atoms with Crippen LogP contribution in [-0.4, -0.2) is 25.5 Å². The number of nitrogens with one attached hydrogen (secondary N) is 1. The zero-order valence-electron chi connectivity index (χ0n) is 11.3. The van der Waals surface area contributed by atoms with Crippen LogP contribution in [0.5, 0.6) is 0 Å². The summed E-state index contributed by atoms with van der Waals surface area (Å²) in [6.07, 6.45) is 2.55. The SMILES string of the molecule is CC1CCCC1NS(=O)(=O)c1cc(F)c(Cl)c(C(=O)O)c1. The van der Waals surface area contributed by atoms with Crippen molar-refractivity contribution in [1.29, 1.82) is 0 Å². The number of carbonyl (C=O) groups is 1. The van der Waals surface area contributed by atoms with Crippen molar-refractivity contribution in [3.63, 3.8) is 0 Å². The van der Waals surface area contributed by atoms with Crippen molar-refractivity contribution in [2.45, 2.75) is 37.1 Å². The van der Waals surface area contributed by atoms with Gasteiger partial charge in [0.1, 0.15) is 5.82 Å². The molecular formula is C13H15ClFNO4S. The van der Waals surface area contributed by atoms with Crippen LogP contribution in [0.2, 0.25) is 5.02 Å². The average molecular weight is 336 g/mol. The van der Waals surface area contributed by atoms with Gasteiger partial charge in [-0.1, -0.05) is 24.9 Å². The Labute approximate surface area is 127 Å². The second-order valence-electron chi connectivity index (χ2n) is 5.21. The number of carboxylic acids is 1. The van der Waals surface area contributed by atoms with Gasteiger partial charge in [0, 0.05) is 6.04 Å². The third-order valence-corrected chi connectivity index (χ3v) is 5.56. The number of halogens is 2. The quantitative estimate of drug-likeness (QED) is 0.886. The van der Waals surface area contributed by atoms with Crippen molar-refractivity contribution < 1.29 is 22.7 Å². The van der Waals surface area contributed by atoms with E-state index in [1.54, 1.807) is 0 Å². The van der Waals surface area contributed by atoms with E-state index in [2.05, 4.69) is 4.72 Å². The maximum Gasteiger partial charge on any atom is 0.337 e. The molecule has 1 aliphatic rings. The van der Waals surface area contributed by atoms with Crippen LogP contribution in [-0.2, 0) is 10.0 Å². The van der Waals surface area contributed by atoms with Crippen LogP contribution in [0.1, 0.15) is 36.5 Å². The summed E-state index contributed by atoms with van der Waals surface area (Å²) in [5, 5.41) is 8.34. The van der Waals surface area contributed by atoms with Gasteiger partial charge in [0.2, 0.25) is 10.0 Å². The van der Waals surface area contributed by atoms with E-state index in [9.17, 15) is 17.6 Å². The van der Waals surface area contributed by atoms with Crippen LogP contribution in [0.25, 0.3) is 0 Å². The average Bonchev–Trinajstić information content (AvgIpc) is 2.77. The number of aromatic carboxylic acids is 1. The number of carboxylic acid groups (broad SMARTS) is 1. The lowest BCUT2D eigenvalue weighted by Gasteiger charge is -2.17. The van der Waals surface area contributed by atoms with E-state index in [-0.39, 0.29) is 12.0 Å². The number of sulfonamides is 1. The van der Waals surface area contributed by atoms with Crippen LogP contribution in [0, 0.1) is 11.7 Å². The third kappa shape index (κ3) is 3.36. The molecule has 116 valence electrons.